The van der Waals surface area contributed by atoms with Crippen molar-refractivity contribution in [2.24, 2.45) is 4.99 Å². The quantitative estimate of drug-likeness (QED) is 0.389. The highest BCUT2D eigenvalue weighted by molar-refractivity contribution is 8.14. The van der Waals surface area contributed by atoms with Crippen LogP contribution in [0.1, 0.15) is 22.9 Å². The van der Waals surface area contributed by atoms with Gasteiger partial charge >= 0.3 is 5.13 Å². The Morgan fingerprint density at radius 2 is 1.71 bits per heavy atom. The molecule has 3 heterocycles. The standard InChI is InChI=1S/C24H20N3OS2.BrH/c1-14-4-10-18-20(12-14)29-23-25-24-27(19-11-5-15(2)13-21(19)30-24)22(26(18)23)16-6-8-17(28-3)9-7-16;/h4-13,22H,1-3H3;1H/q+1;/p-1. The first-order valence-electron chi connectivity index (χ1n) is 9.87. The Labute approximate surface area is 200 Å². The molecule has 2 aliphatic heterocycles. The third-order valence-corrected chi connectivity index (χ3v) is 7.69. The van der Waals surface area contributed by atoms with Crippen LogP contribution in [0.2, 0.25) is 0 Å². The van der Waals surface area contributed by atoms with Gasteiger partial charge in [0.05, 0.1) is 17.5 Å². The van der Waals surface area contributed by atoms with E-state index in [1.165, 1.54) is 37.5 Å². The molecule has 3 aromatic carbocycles. The molecule has 0 spiro atoms. The molecule has 0 N–H and O–H groups in total. The second-order valence-corrected chi connectivity index (χ2v) is 9.73. The van der Waals surface area contributed by atoms with E-state index in [-0.39, 0.29) is 23.1 Å². The Morgan fingerprint density at radius 3 is 2.48 bits per heavy atom. The third-order valence-electron chi connectivity index (χ3n) is 5.66. The van der Waals surface area contributed by atoms with Crippen LogP contribution >= 0.6 is 23.1 Å². The fraction of sp³-hybridized carbons (Fsp3) is 0.167. The average Bonchev–Trinajstić information content (AvgIpc) is 3.28. The first-order chi connectivity index (χ1) is 14.6. The molecule has 4 aromatic rings. The fourth-order valence-corrected chi connectivity index (χ4v) is 6.54. The van der Waals surface area contributed by atoms with Gasteiger partial charge in [0.15, 0.2) is 0 Å². The fourth-order valence-electron chi connectivity index (χ4n) is 4.20. The monoisotopic (exact) mass is 509 g/mol. The van der Waals surface area contributed by atoms with Crippen LogP contribution in [0.5, 0.6) is 5.75 Å². The normalized spacial score (nSPS) is 16.3. The summed E-state index contributed by atoms with van der Waals surface area (Å²) in [5.74, 6) is 0.867. The van der Waals surface area contributed by atoms with Gasteiger partial charge < -0.3 is 21.7 Å². The van der Waals surface area contributed by atoms with Crippen molar-refractivity contribution in [1.82, 2.24) is 0 Å². The van der Waals surface area contributed by atoms with Gasteiger partial charge in [-0.05, 0) is 102 Å². The molecule has 0 saturated carbocycles. The molecule has 4 nitrogen and oxygen atoms in total. The Hall–Kier alpha value is -2.35. The Kier molecular flexibility index (Phi) is 5.07. The van der Waals surface area contributed by atoms with Crippen LogP contribution in [0.4, 0.5) is 10.8 Å². The van der Waals surface area contributed by atoms with Gasteiger partial charge in [-0.2, -0.15) is 4.57 Å². The number of benzene rings is 3. The van der Waals surface area contributed by atoms with E-state index in [2.05, 4.69) is 71.8 Å². The summed E-state index contributed by atoms with van der Waals surface area (Å²) in [5.41, 5.74) is 6.19. The number of halogens is 1. The number of thiazole rings is 1. The number of methoxy groups -OCH3 is 1. The minimum Gasteiger partial charge on any atom is -1.00 e. The molecule has 0 radical (unpaired) electrons. The van der Waals surface area contributed by atoms with E-state index in [1.54, 1.807) is 30.2 Å². The van der Waals surface area contributed by atoms with Crippen LogP contribution in [-0.4, -0.2) is 12.3 Å². The molecule has 1 atom stereocenters. The van der Waals surface area contributed by atoms with Gasteiger partial charge in [-0.3, -0.25) is 4.90 Å². The molecule has 7 heteroatoms. The lowest BCUT2D eigenvalue weighted by Gasteiger charge is -2.28. The Balaban J connectivity index is 0.00000204. The summed E-state index contributed by atoms with van der Waals surface area (Å²) in [4.78, 5) is 8.73. The predicted molar refractivity (Wildman–Crippen MR) is 125 cm³/mol. The summed E-state index contributed by atoms with van der Waals surface area (Å²) in [5, 5.41) is 2.08. The van der Waals surface area contributed by atoms with E-state index < -0.39 is 0 Å². The summed E-state index contributed by atoms with van der Waals surface area (Å²) in [7, 11) is 1.71. The zero-order chi connectivity index (χ0) is 20.4. The number of fused-ring (bicyclic) bond motifs is 6. The van der Waals surface area contributed by atoms with Crippen molar-refractivity contribution in [3.63, 3.8) is 0 Å². The molecule has 0 saturated heterocycles. The van der Waals surface area contributed by atoms with E-state index in [0.717, 1.165) is 16.0 Å². The topological polar surface area (TPSA) is 28.7 Å². The van der Waals surface area contributed by atoms with E-state index in [4.69, 9.17) is 9.73 Å². The van der Waals surface area contributed by atoms with Crippen LogP contribution in [-0.2, 0) is 0 Å². The lowest BCUT2D eigenvalue weighted by atomic mass is 10.1. The maximum atomic E-state index is 5.40. The zero-order valence-corrected chi connectivity index (χ0v) is 20.5. The van der Waals surface area contributed by atoms with Crippen molar-refractivity contribution < 1.29 is 26.3 Å². The molecule has 6 rings (SSSR count). The molecule has 0 bridgehead atoms. The lowest BCUT2D eigenvalue weighted by Crippen LogP contribution is -3.00. The smallest absolute Gasteiger partial charge is 0.388 e. The molecule has 1 unspecified atom stereocenters. The highest BCUT2D eigenvalue weighted by atomic mass is 79.9. The first-order valence-corrected chi connectivity index (χ1v) is 11.5. The van der Waals surface area contributed by atoms with Crippen molar-refractivity contribution in [2.45, 2.75) is 24.9 Å². The summed E-state index contributed by atoms with van der Waals surface area (Å²) >= 11 is 3.52. The SMILES string of the molecule is COc1ccc(C2N3C(=Nc4sc5cc(C)ccc5[n+]42)Sc2cc(C)ccc23)cc1.[Br-]. The molecule has 2 aliphatic rings. The van der Waals surface area contributed by atoms with Crippen molar-refractivity contribution in [3.8, 4) is 5.75 Å². The minimum atomic E-state index is 0. The molecule has 156 valence electrons. The third kappa shape index (κ3) is 3.18. The largest absolute Gasteiger partial charge is 1.00 e. The number of aliphatic imine (C=N–C) groups is 1. The maximum Gasteiger partial charge on any atom is 0.388 e. The van der Waals surface area contributed by atoms with Gasteiger partial charge in [0.1, 0.15) is 11.3 Å². The molecule has 1 aromatic heterocycles. The van der Waals surface area contributed by atoms with Crippen molar-refractivity contribution in [1.29, 1.82) is 0 Å². The van der Waals surface area contributed by atoms with Gasteiger partial charge in [0, 0.05) is 10.5 Å². The van der Waals surface area contributed by atoms with Gasteiger partial charge in [0.2, 0.25) is 6.17 Å². The summed E-state index contributed by atoms with van der Waals surface area (Å²) < 4.78 is 9.05. The van der Waals surface area contributed by atoms with Crippen LogP contribution in [0.3, 0.4) is 0 Å². The number of rotatable bonds is 2. The van der Waals surface area contributed by atoms with Crippen LogP contribution in [0, 0.1) is 13.8 Å². The van der Waals surface area contributed by atoms with Gasteiger partial charge in [-0.25, -0.2) is 0 Å². The minimum absolute atomic E-state index is 0. The van der Waals surface area contributed by atoms with Crippen LogP contribution < -0.4 is 31.2 Å². The second kappa shape index (κ2) is 7.65. The molecule has 31 heavy (non-hydrogen) atoms. The van der Waals surface area contributed by atoms with Crippen molar-refractivity contribution >= 4 is 49.3 Å². The molecule has 0 aliphatic carbocycles. The summed E-state index contributed by atoms with van der Waals surface area (Å²) in [6.07, 6.45) is 0.00585. The zero-order valence-electron chi connectivity index (χ0n) is 17.3. The lowest BCUT2D eigenvalue weighted by molar-refractivity contribution is -0.671. The van der Waals surface area contributed by atoms with Crippen molar-refractivity contribution in [2.75, 3.05) is 12.0 Å². The number of ether oxygens (including phenoxy) is 1. The second-order valence-electron chi connectivity index (χ2n) is 7.71. The average molecular weight is 510 g/mol. The number of anilines is 1. The van der Waals surface area contributed by atoms with E-state index in [0.29, 0.717) is 0 Å². The number of aromatic nitrogens is 1. The first kappa shape index (κ1) is 20.5. The number of amidine groups is 1. The molecule has 0 fully saturated rings. The van der Waals surface area contributed by atoms with E-state index >= 15 is 0 Å². The summed E-state index contributed by atoms with van der Waals surface area (Å²) in [6.45, 7) is 4.28. The molecular formula is C24H20BrN3OS2. The Morgan fingerprint density at radius 1 is 0.968 bits per heavy atom. The molecular weight excluding hydrogens is 490 g/mol. The van der Waals surface area contributed by atoms with Gasteiger partial charge in [-0.1, -0.05) is 12.1 Å². The number of hydrogen-bond donors (Lipinski definition) is 0. The predicted octanol–water partition coefficient (Wildman–Crippen LogP) is 2.98. The van der Waals surface area contributed by atoms with Crippen LogP contribution in [0.25, 0.3) is 10.2 Å². The molecule has 0 amide bonds. The highest BCUT2D eigenvalue weighted by Crippen LogP contribution is 2.48. The van der Waals surface area contributed by atoms with Crippen molar-refractivity contribution in [3.05, 3.63) is 77.4 Å². The Bertz CT molecular complexity index is 1350. The summed E-state index contributed by atoms with van der Waals surface area (Å²) in [6, 6.07) is 21.7. The van der Waals surface area contributed by atoms with Crippen LogP contribution in [0.15, 0.2) is 70.6 Å². The van der Waals surface area contributed by atoms with Gasteiger partial charge in [-0.15, -0.1) is 0 Å². The van der Waals surface area contributed by atoms with Gasteiger partial charge in [0.25, 0.3) is 5.17 Å². The number of nitrogens with zero attached hydrogens (tertiary/aromatic N) is 3. The number of thioether (sulfide) groups is 1. The number of aryl methyl sites for hydroxylation is 2. The van der Waals surface area contributed by atoms with E-state index in [9.17, 15) is 0 Å². The maximum absolute atomic E-state index is 5.40. The highest BCUT2D eigenvalue weighted by Gasteiger charge is 2.46. The van der Waals surface area contributed by atoms with E-state index in [1.807, 2.05) is 12.1 Å². The number of hydrogen-bond acceptors (Lipinski definition) is 5.